The molecule has 0 radical (unpaired) electrons. The molecule has 0 aliphatic carbocycles. The zero-order valence-corrected chi connectivity index (χ0v) is 9.56. The number of hydrogen-bond donors (Lipinski definition) is 3. The van der Waals surface area contributed by atoms with Crippen LogP contribution in [0.3, 0.4) is 0 Å². The first-order valence-corrected chi connectivity index (χ1v) is 5.18. The molecule has 0 saturated carbocycles. The Balaban J connectivity index is 1.99. The zero-order valence-electron chi connectivity index (χ0n) is 9.56. The number of nitro groups is 1. The van der Waals surface area contributed by atoms with Crippen molar-refractivity contribution in [3.8, 4) is 0 Å². The molecular weight excluding hydrogens is 238 g/mol. The fourth-order valence-electron chi connectivity index (χ4n) is 1.44. The van der Waals surface area contributed by atoms with Gasteiger partial charge in [-0.2, -0.15) is 5.10 Å². The van der Waals surface area contributed by atoms with Gasteiger partial charge in [0.2, 0.25) is 0 Å². The molecule has 0 bridgehead atoms. The first kappa shape index (κ1) is 11.8. The first-order valence-electron chi connectivity index (χ1n) is 5.18. The maximum atomic E-state index is 11.7. The number of aryl methyl sites for hydroxylation is 1. The van der Waals surface area contributed by atoms with Crippen molar-refractivity contribution < 1.29 is 9.72 Å². The van der Waals surface area contributed by atoms with Crippen LogP contribution in [0.5, 0.6) is 0 Å². The van der Waals surface area contributed by atoms with E-state index in [2.05, 4.69) is 20.5 Å². The van der Waals surface area contributed by atoms with Gasteiger partial charge in [-0.15, -0.1) is 0 Å². The predicted molar refractivity (Wildman–Crippen MR) is 61.9 cm³/mol. The van der Waals surface area contributed by atoms with E-state index >= 15 is 0 Å². The molecule has 0 aliphatic rings. The normalized spacial score (nSPS) is 10.3. The molecule has 18 heavy (non-hydrogen) atoms. The van der Waals surface area contributed by atoms with E-state index in [0.29, 0.717) is 6.54 Å². The molecule has 0 saturated heterocycles. The summed E-state index contributed by atoms with van der Waals surface area (Å²) in [6.07, 6.45) is 2.80. The van der Waals surface area contributed by atoms with Gasteiger partial charge in [-0.3, -0.25) is 20.0 Å². The number of aromatic amines is 2. The maximum absolute atomic E-state index is 11.7. The number of nitrogens with zero attached hydrogens (tertiary/aromatic N) is 2. The van der Waals surface area contributed by atoms with Crippen LogP contribution in [-0.4, -0.2) is 26.0 Å². The second kappa shape index (κ2) is 4.70. The quantitative estimate of drug-likeness (QED) is 0.550. The minimum absolute atomic E-state index is 0.139. The fraction of sp³-hybridized carbons (Fsp3) is 0.200. The molecule has 8 nitrogen and oxygen atoms in total. The van der Waals surface area contributed by atoms with Crippen molar-refractivity contribution in [1.82, 2.24) is 20.5 Å². The van der Waals surface area contributed by atoms with Crippen molar-refractivity contribution in [3.05, 3.63) is 45.5 Å². The summed E-state index contributed by atoms with van der Waals surface area (Å²) in [6, 6.07) is 1.19. The van der Waals surface area contributed by atoms with Crippen molar-refractivity contribution in [2.45, 2.75) is 13.5 Å². The van der Waals surface area contributed by atoms with Crippen molar-refractivity contribution in [2.24, 2.45) is 0 Å². The number of aromatic nitrogens is 3. The summed E-state index contributed by atoms with van der Waals surface area (Å²) < 4.78 is 0. The molecule has 1 amide bonds. The van der Waals surface area contributed by atoms with Crippen LogP contribution in [0.4, 0.5) is 5.69 Å². The Morgan fingerprint density at radius 3 is 2.94 bits per heavy atom. The first-order chi connectivity index (χ1) is 8.58. The molecule has 94 valence electrons. The number of carbonyl (C=O) groups excluding carboxylic acids is 1. The summed E-state index contributed by atoms with van der Waals surface area (Å²) in [7, 11) is 0. The molecule has 0 aliphatic heterocycles. The van der Waals surface area contributed by atoms with Crippen LogP contribution >= 0.6 is 0 Å². The van der Waals surface area contributed by atoms with Gasteiger partial charge in [0.15, 0.2) is 0 Å². The Bertz CT molecular complexity index is 586. The van der Waals surface area contributed by atoms with E-state index in [1.54, 1.807) is 6.20 Å². The third-order valence-electron chi connectivity index (χ3n) is 2.50. The van der Waals surface area contributed by atoms with Gasteiger partial charge in [0.25, 0.3) is 11.6 Å². The maximum Gasteiger partial charge on any atom is 0.287 e. The summed E-state index contributed by atoms with van der Waals surface area (Å²) in [5.74, 6) is -0.399. The molecule has 0 fully saturated rings. The van der Waals surface area contributed by atoms with E-state index in [1.165, 1.54) is 12.3 Å². The van der Waals surface area contributed by atoms with Gasteiger partial charge in [-0.05, 0) is 6.92 Å². The molecule has 0 spiro atoms. The van der Waals surface area contributed by atoms with Gasteiger partial charge < -0.3 is 10.3 Å². The summed E-state index contributed by atoms with van der Waals surface area (Å²) in [5.41, 5.74) is 1.75. The molecule has 8 heteroatoms. The van der Waals surface area contributed by atoms with Crippen LogP contribution in [0, 0.1) is 17.0 Å². The van der Waals surface area contributed by atoms with Gasteiger partial charge in [-0.1, -0.05) is 0 Å². The van der Waals surface area contributed by atoms with E-state index in [4.69, 9.17) is 0 Å². The molecule has 2 heterocycles. The van der Waals surface area contributed by atoms with Crippen molar-refractivity contribution >= 4 is 11.6 Å². The third kappa shape index (κ3) is 2.37. The lowest BCUT2D eigenvalue weighted by atomic mass is 10.2. The number of carbonyl (C=O) groups is 1. The monoisotopic (exact) mass is 249 g/mol. The molecule has 0 aromatic carbocycles. The lowest BCUT2D eigenvalue weighted by Crippen LogP contribution is -2.23. The van der Waals surface area contributed by atoms with Crippen molar-refractivity contribution in [3.63, 3.8) is 0 Å². The van der Waals surface area contributed by atoms with Crippen molar-refractivity contribution in [2.75, 3.05) is 0 Å². The number of amides is 1. The molecule has 2 rings (SSSR count). The van der Waals surface area contributed by atoms with Crippen LogP contribution in [0.25, 0.3) is 0 Å². The van der Waals surface area contributed by atoms with E-state index in [-0.39, 0.29) is 11.4 Å². The third-order valence-corrected chi connectivity index (χ3v) is 2.50. The largest absolute Gasteiger partial charge is 0.351 e. The molecule has 2 aromatic rings. The summed E-state index contributed by atoms with van der Waals surface area (Å²) >= 11 is 0. The van der Waals surface area contributed by atoms with Crippen LogP contribution in [0.2, 0.25) is 0 Å². The summed E-state index contributed by atoms with van der Waals surface area (Å²) in [5, 5.41) is 19.7. The number of H-pyrrole nitrogens is 2. The highest BCUT2D eigenvalue weighted by Gasteiger charge is 2.14. The predicted octanol–water partition coefficient (Wildman–Crippen LogP) is 0.884. The molecular formula is C10H11N5O3. The van der Waals surface area contributed by atoms with Gasteiger partial charge in [0.05, 0.1) is 17.3 Å². The Morgan fingerprint density at radius 2 is 2.39 bits per heavy atom. The van der Waals surface area contributed by atoms with Gasteiger partial charge in [0.1, 0.15) is 5.69 Å². The van der Waals surface area contributed by atoms with E-state index < -0.39 is 10.8 Å². The molecule has 3 N–H and O–H groups in total. The number of hydrogen-bond acceptors (Lipinski definition) is 4. The Kier molecular flexibility index (Phi) is 3.09. The second-order valence-electron chi connectivity index (χ2n) is 3.73. The summed E-state index contributed by atoms with van der Waals surface area (Å²) in [4.78, 5) is 24.2. The molecule has 0 unspecified atom stereocenters. The number of rotatable bonds is 4. The van der Waals surface area contributed by atoms with Crippen LogP contribution in [0.15, 0.2) is 18.5 Å². The minimum Gasteiger partial charge on any atom is -0.351 e. The lowest BCUT2D eigenvalue weighted by Gasteiger charge is -2.01. The Morgan fingerprint density at radius 1 is 1.61 bits per heavy atom. The average Bonchev–Trinajstić information content (AvgIpc) is 2.94. The minimum atomic E-state index is -0.562. The van der Waals surface area contributed by atoms with Gasteiger partial charge >= 0.3 is 0 Å². The SMILES string of the molecule is Cc1[nH]ncc1CNC(=O)c1cc([N+](=O)[O-])c[nH]1. The Hall–Kier alpha value is -2.64. The van der Waals surface area contributed by atoms with Crippen molar-refractivity contribution in [1.29, 1.82) is 0 Å². The van der Waals surface area contributed by atoms with Crippen LogP contribution in [-0.2, 0) is 6.54 Å². The highest BCUT2D eigenvalue weighted by atomic mass is 16.6. The average molecular weight is 249 g/mol. The smallest absolute Gasteiger partial charge is 0.287 e. The van der Waals surface area contributed by atoms with E-state index in [9.17, 15) is 14.9 Å². The Labute approximate surface area is 102 Å². The van der Waals surface area contributed by atoms with Gasteiger partial charge in [0, 0.05) is 23.9 Å². The molecule has 2 aromatic heterocycles. The van der Waals surface area contributed by atoms with Crippen LogP contribution < -0.4 is 5.32 Å². The topological polar surface area (TPSA) is 117 Å². The highest BCUT2D eigenvalue weighted by Crippen LogP contribution is 2.12. The second-order valence-corrected chi connectivity index (χ2v) is 3.73. The highest BCUT2D eigenvalue weighted by molar-refractivity contribution is 5.93. The van der Waals surface area contributed by atoms with Crippen LogP contribution in [0.1, 0.15) is 21.7 Å². The zero-order chi connectivity index (χ0) is 13.1. The molecule has 0 atom stereocenters. The lowest BCUT2D eigenvalue weighted by molar-refractivity contribution is -0.384. The van der Waals surface area contributed by atoms with E-state index in [0.717, 1.165) is 11.3 Å². The number of nitrogens with one attached hydrogen (secondary N) is 3. The van der Waals surface area contributed by atoms with E-state index in [1.807, 2.05) is 6.92 Å². The fourth-order valence-corrected chi connectivity index (χ4v) is 1.44. The standard InChI is InChI=1S/C10H11N5O3/c1-6-7(4-13-14-6)3-12-10(16)9-2-8(5-11-9)15(17)18/h2,4-5,11H,3H2,1H3,(H,12,16)(H,13,14). The summed E-state index contributed by atoms with van der Waals surface area (Å²) in [6.45, 7) is 2.15. The van der Waals surface area contributed by atoms with Gasteiger partial charge in [-0.25, -0.2) is 0 Å².